The molecule has 1 heterocycles. The lowest BCUT2D eigenvalue weighted by Crippen LogP contribution is -1.96. The zero-order chi connectivity index (χ0) is 10.7. The molecule has 78 valence electrons. The van der Waals surface area contributed by atoms with Crippen molar-refractivity contribution in [1.29, 1.82) is 0 Å². The third-order valence-electron chi connectivity index (χ3n) is 2.00. The van der Waals surface area contributed by atoms with Crippen LogP contribution in [-0.2, 0) is 16.6 Å². The van der Waals surface area contributed by atoms with E-state index in [9.17, 15) is 4.21 Å². The number of anilines is 1. The molecule has 2 rings (SSSR count). The summed E-state index contributed by atoms with van der Waals surface area (Å²) in [5.41, 5.74) is 7.41. The van der Waals surface area contributed by atoms with Gasteiger partial charge >= 0.3 is 0 Å². The first-order chi connectivity index (χ1) is 7.25. The van der Waals surface area contributed by atoms with Crippen LogP contribution in [0.4, 0.5) is 5.69 Å². The van der Waals surface area contributed by atoms with E-state index in [2.05, 4.69) is 0 Å². The molecule has 0 aliphatic rings. The summed E-state index contributed by atoms with van der Waals surface area (Å²) in [6, 6.07) is 9.23. The van der Waals surface area contributed by atoms with Crippen LogP contribution in [0, 0.1) is 0 Å². The molecule has 0 bridgehead atoms. The van der Waals surface area contributed by atoms with Gasteiger partial charge < -0.3 is 5.73 Å². The van der Waals surface area contributed by atoms with Crippen LogP contribution in [-0.4, -0.2) is 4.21 Å². The number of nitrogens with two attached hydrogens (primary N) is 1. The Morgan fingerprint density at radius 2 is 2.20 bits per heavy atom. The van der Waals surface area contributed by atoms with Crippen LogP contribution in [0.1, 0.15) is 5.56 Å². The van der Waals surface area contributed by atoms with Gasteiger partial charge in [-0.3, -0.25) is 4.21 Å². The summed E-state index contributed by atoms with van der Waals surface area (Å²) < 4.78 is 11.9. The van der Waals surface area contributed by atoms with Gasteiger partial charge in [0.1, 0.15) is 0 Å². The molecule has 1 aromatic carbocycles. The van der Waals surface area contributed by atoms with E-state index in [-0.39, 0.29) is 0 Å². The number of nitrogen functional groups attached to an aromatic ring is 1. The van der Waals surface area contributed by atoms with Crippen molar-refractivity contribution in [3.63, 3.8) is 0 Å². The van der Waals surface area contributed by atoms with Crippen LogP contribution in [0.2, 0.25) is 0 Å². The molecule has 2 N–H and O–H groups in total. The number of hydrogen-bond donors (Lipinski definition) is 1. The fourth-order valence-electron chi connectivity index (χ4n) is 1.27. The van der Waals surface area contributed by atoms with Gasteiger partial charge in [0.25, 0.3) is 0 Å². The molecule has 1 unspecified atom stereocenters. The summed E-state index contributed by atoms with van der Waals surface area (Å²) in [4.78, 5) is 0.793. The zero-order valence-electron chi connectivity index (χ0n) is 8.05. The normalized spacial score (nSPS) is 12.5. The molecule has 0 saturated heterocycles. The van der Waals surface area contributed by atoms with Gasteiger partial charge in [0.15, 0.2) is 0 Å². The molecule has 1 aromatic heterocycles. The van der Waals surface area contributed by atoms with Crippen molar-refractivity contribution in [2.75, 3.05) is 5.73 Å². The molecule has 4 heteroatoms. The molecule has 0 saturated carbocycles. The molecule has 0 spiro atoms. The SMILES string of the molecule is Nc1cccc(S(=O)Cc2ccsc2)c1. The Balaban J connectivity index is 2.15. The largest absolute Gasteiger partial charge is 0.399 e. The summed E-state index contributed by atoms with van der Waals surface area (Å²) in [6.07, 6.45) is 0. The molecule has 0 aliphatic heterocycles. The van der Waals surface area contributed by atoms with Crippen LogP contribution >= 0.6 is 11.3 Å². The van der Waals surface area contributed by atoms with E-state index in [1.54, 1.807) is 23.5 Å². The second-order valence-corrected chi connectivity index (χ2v) is 5.43. The highest BCUT2D eigenvalue weighted by molar-refractivity contribution is 7.84. The Morgan fingerprint density at radius 1 is 1.33 bits per heavy atom. The highest BCUT2D eigenvalue weighted by Gasteiger charge is 2.05. The lowest BCUT2D eigenvalue weighted by molar-refractivity contribution is 0.682. The average Bonchev–Trinajstić information content (AvgIpc) is 2.70. The van der Waals surface area contributed by atoms with Gasteiger partial charge in [0, 0.05) is 10.6 Å². The Bertz CT molecular complexity index is 465. The van der Waals surface area contributed by atoms with Crippen LogP contribution in [0.3, 0.4) is 0 Å². The van der Waals surface area contributed by atoms with E-state index in [4.69, 9.17) is 5.73 Å². The Hall–Kier alpha value is -1.13. The van der Waals surface area contributed by atoms with Gasteiger partial charge in [-0.15, -0.1) is 0 Å². The molecular weight excluding hydrogens is 226 g/mol. The summed E-state index contributed by atoms with van der Waals surface area (Å²) >= 11 is 1.62. The van der Waals surface area contributed by atoms with E-state index >= 15 is 0 Å². The van der Waals surface area contributed by atoms with Gasteiger partial charge in [-0.1, -0.05) is 6.07 Å². The molecule has 0 radical (unpaired) electrons. The van der Waals surface area contributed by atoms with Crippen LogP contribution in [0.15, 0.2) is 46.0 Å². The van der Waals surface area contributed by atoms with Gasteiger partial charge in [-0.05, 0) is 40.6 Å². The molecule has 0 aliphatic carbocycles. The van der Waals surface area contributed by atoms with Crippen LogP contribution in [0.25, 0.3) is 0 Å². The number of rotatable bonds is 3. The van der Waals surface area contributed by atoms with Gasteiger partial charge in [-0.25, -0.2) is 0 Å². The minimum Gasteiger partial charge on any atom is -0.399 e. The topological polar surface area (TPSA) is 43.1 Å². The van der Waals surface area contributed by atoms with Crippen molar-refractivity contribution >= 4 is 27.8 Å². The lowest BCUT2D eigenvalue weighted by atomic mass is 10.3. The van der Waals surface area contributed by atoms with E-state index in [1.807, 2.05) is 29.0 Å². The van der Waals surface area contributed by atoms with Crippen molar-refractivity contribution in [2.45, 2.75) is 10.6 Å². The van der Waals surface area contributed by atoms with E-state index in [1.165, 1.54) is 0 Å². The maximum atomic E-state index is 11.9. The predicted octanol–water partition coefficient (Wildman–Crippen LogP) is 2.64. The first kappa shape index (κ1) is 10.4. The fraction of sp³-hybridized carbons (Fsp3) is 0.0909. The number of benzene rings is 1. The van der Waals surface area contributed by atoms with Crippen molar-refractivity contribution < 1.29 is 4.21 Å². The Kier molecular flexibility index (Phi) is 3.18. The lowest BCUT2D eigenvalue weighted by Gasteiger charge is -2.01. The molecule has 2 nitrogen and oxygen atoms in total. The summed E-state index contributed by atoms with van der Waals surface area (Å²) in [6.45, 7) is 0. The Labute approximate surface area is 95.2 Å². The van der Waals surface area contributed by atoms with E-state index in [0.29, 0.717) is 11.4 Å². The van der Waals surface area contributed by atoms with Gasteiger partial charge in [0.2, 0.25) is 0 Å². The third kappa shape index (κ3) is 2.67. The predicted molar refractivity (Wildman–Crippen MR) is 65.3 cm³/mol. The summed E-state index contributed by atoms with van der Waals surface area (Å²) in [7, 11) is -0.996. The number of thiophene rings is 1. The molecule has 2 aromatic rings. The van der Waals surface area contributed by atoms with Crippen molar-refractivity contribution in [2.24, 2.45) is 0 Å². The fourth-order valence-corrected chi connectivity index (χ4v) is 3.19. The molecule has 0 amide bonds. The minimum atomic E-state index is -0.996. The summed E-state index contributed by atoms with van der Waals surface area (Å²) in [5, 5.41) is 4.01. The highest BCUT2D eigenvalue weighted by atomic mass is 32.2. The maximum absolute atomic E-state index is 11.9. The maximum Gasteiger partial charge on any atom is 0.0575 e. The molecular formula is C11H11NOS2. The second kappa shape index (κ2) is 4.59. The molecule has 15 heavy (non-hydrogen) atoms. The monoisotopic (exact) mass is 237 g/mol. The Morgan fingerprint density at radius 3 is 2.87 bits per heavy atom. The second-order valence-electron chi connectivity index (χ2n) is 3.19. The van der Waals surface area contributed by atoms with Crippen LogP contribution in [0.5, 0.6) is 0 Å². The quantitative estimate of drug-likeness (QED) is 0.834. The third-order valence-corrected chi connectivity index (χ3v) is 4.11. The van der Waals surface area contributed by atoms with E-state index in [0.717, 1.165) is 10.5 Å². The summed E-state index contributed by atoms with van der Waals surface area (Å²) in [5.74, 6) is 0.562. The molecule has 1 atom stereocenters. The highest BCUT2D eigenvalue weighted by Crippen LogP contribution is 2.16. The standard InChI is InChI=1S/C11H11NOS2/c12-10-2-1-3-11(6-10)15(13)8-9-4-5-14-7-9/h1-7H,8,12H2. The minimum absolute atomic E-state index is 0.562. The van der Waals surface area contributed by atoms with Gasteiger partial charge in [-0.2, -0.15) is 11.3 Å². The van der Waals surface area contributed by atoms with Crippen molar-refractivity contribution in [1.82, 2.24) is 0 Å². The van der Waals surface area contributed by atoms with Gasteiger partial charge in [0.05, 0.1) is 16.6 Å². The first-order valence-electron chi connectivity index (χ1n) is 4.51. The average molecular weight is 237 g/mol. The van der Waals surface area contributed by atoms with Crippen molar-refractivity contribution in [3.05, 3.63) is 46.7 Å². The smallest absolute Gasteiger partial charge is 0.0575 e. The molecule has 0 fully saturated rings. The van der Waals surface area contributed by atoms with E-state index < -0.39 is 10.8 Å². The zero-order valence-corrected chi connectivity index (χ0v) is 9.68. The van der Waals surface area contributed by atoms with Crippen LogP contribution < -0.4 is 5.73 Å². The number of hydrogen-bond acceptors (Lipinski definition) is 3. The van der Waals surface area contributed by atoms with Crippen molar-refractivity contribution in [3.8, 4) is 0 Å². The first-order valence-corrected chi connectivity index (χ1v) is 6.77.